The predicted molar refractivity (Wildman–Crippen MR) is 95.7 cm³/mol. The minimum Gasteiger partial charge on any atom is -0.493 e. The third kappa shape index (κ3) is 3.16. The van der Waals surface area contributed by atoms with Crippen LogP contribution in [0.15, 0.2) is 16.0 Å². The highest BCUT2D eigenvalue weighted by molar-refractivity contribution is 5.57. The van der Waals surface area contributed by atoms with Crippen molar-refractivity contribution in [3.05, 3.63) is 33.2 Å². The summed E-state index contributed by atoms with van der Waals surface area (Å²) in [6, 6.07) is 0.282. The highest BCUT2D eigenvalue weighted by Crippen LogP contribution is 2.22. The normalized spacial score (nSPS) is 19.4. The molecule has 140 valence electrons. The van der Waals surface area contributed by atoms with Crippen LogP contribution in [0.4, 0.5) is 5.95 Å². The molecule has 2 aliphatic rings. The predicted octanol–water partition coefficient (Wildman–Crippen LogP) is -1.12. The van der Waals surface area contributed by atoms with Gasteiger partial charge in [-0.2, -0.15) is 19.6 Å². The number of aromatic nitrogens is 6. The molecule has 5 rings (SSSR count). The van der Waals surface area contributed by atoms with Gasteiger partial charge in [-0.3, -0.25) is 10.4 Å². The van der Waals surface area contributed by atoms with E-state index in [1.54, 1.807) is 16.8 Å². The van der Waals surface area contributed by atoms with Crippen LogP contribution in [0, 0.1) is 0 Å². The number of hydrazine groups is 1. The highest BCUT2D eigenvalue weighted by Gasteiger charge is 2.21. The number of fused-ring (bicyclic) bond motifs is 1. The van der Waals surface area contributed by atoms with Crippen LogP contribution in [0.25, 0.3) is 11.7 Å². The van der Waals surface area contributed by atoms with Gasteiger partial charge in [-0.15, -0.1) is 0 Å². The van der Waals surface area contributed by atoms with Gasteiger partial charge in [0.15, 0.2) is 5.65 Å². The molecular weight excluding hydrogens is 350 g/mol. The molecule has 0 atom stereocenters. The molecule has 3 aromatic rings. The van der Waals surface area contributed by atoms with Gasteiger partial charge in [0.2, 0.25) is 11.8 Å². The van der Waals surface area contributed by atoms with Gasteiger partial charge < -0.3 is 10.1 Å². The molecule has 0 radical (unpaired) electrons. The van der Waals surface area contributed by atoms with Crippen molar-refractivity contribution < 1.29 is 5.11 Å². The summed E-state index contributed by atoms with van der Waals surface area (Å²) in [6.07, 6.45) is 7.61. The Balaban J connectivity index is 1.66. The van der Waals surface area contributed by atoms with Gasteiger partial charge in [0.1, 0.15) is 5.69 Å². The fourth-order valence-corrected chi connectivity index (χ4v) is 3.10. The third-order valence-corrected chi connectivity index (χ3v) is 4.62. The summed E-state index contributed by atoms with van der Waals surface area (Å²) in [5.41, 5.74) is 4.08. The van der Waals surface area contributed by atoms with Crippen LogP contribution < -0.4 is 22.0 Å². The quantitative estimate of drug-likeness (QED) is 0.457. The Morgan fingerprint density at radius 2 is 2.07 bits per heavy atom. The van der Waals surface area contributed by atoms with E-state index >= 15 is 0 Å². The smallest absolute Gasteiger partial charge is 0.326 e. The molecule has 0 unspecified atom stereocenters. The molecule has 1 aliphatic carbocycles. The average Bonchev–Trinajstić information content (AvgIpc) is 3.01. The number of hydrogen-bond donors (Lipinski definition) is 4. The Morgan fingerprint density at radius 1 is 1.26 bits per heavy atom. The van der Waals surface area contributed by atoms with Crippen LogP contribution in [0.2, 0.25) is 0 Å². The summed E-state index contributed by atoms with van der Waals surface area (Å²) in [5, 5.41) is 16.9. The van der Waals surface area contributed by atoms with Crippen LogP contribution in [0.3, 0.4) is 0 Å². The molecule has 1 saturated carbocycles. The lowest BCUT2D eigenvalue weighted by Crippen LogP contribution is -2.31. The molecular formula is C16H19N9O2. The van der Waals surface area contributed by atoms with Crippen molar-refractivity contribution >= 4 is 17.7 Å². The standard InChI is InChI=1S/C16H19N9O2/c26-13-11(19-16(27)21-13)7-9-8-17-25-12(9)20-14(23-24-5-1-2-6-24)22-15(25)18-10-3-4-10/h7-8,10,26H,1-6H2,(H,18,22,23)(H2,19,21,27). The van der Waals surface area contributed by atoms with Crippen molar-refractivity contribution in [3.63, 3.8) is 0 Å². The second-order valence-corrected chi connectivity index (χ2v) is 6.83. The Morgan fingerprint density at radius 3 is 2.78 bits per heavy atom. The maximum Gasteiger partial charge on any atom is 0.326 e. The van der Waals surface area contributed by atoms with Crippen molar-refractivity contribution in [1.82, 2.24) is 34.6 Å². The summed E-state index contributed by atoms with van der Waals surface area (Å²) in [7, 11) is 0. The molecule has 11 heteroatoms. The maximum atomic E-state index is 11.4. The second kappa shape index (κ2) is 6.20. The van der Waals surface area contributed by atoms with E-state index in [0.717, 1.165) is 38.8 Å². The number of nitrogens with one attached hydrogen (secondary N) is 3. The zero-order valence-electron chi connectivity index (χ0n) is 14.5. The fourth-order valence-electron chi connectivity index (χ4n) is 3.10. The first-order valence-corrected chi connectivity index (χ1v) is 9.00. The van der Waals surface area contributed by atoms with E-state index in [4.69, 9.17) is 0 Å². The minimum atomic E-state index is -0.481. The van der Waals surface area contributed by atoms with Gasteiger partial charge in [-0.25, -0.2) is 14.8 Å². The summed E-state index contributed by atoms with van der Waals surface area (Å²) in [5.74, 6) is 0.234. The maximum absolute atomic E-state index is 11.4. The van der Waals surface area contributed by atoms with Crippen LogP contribution in [-0.4, -0.2) is 58.8 Å². The average molecular weight is 369 g/mol. The van der Waals surface area contributed by atoms with E-state index in [9.17, 15) is 9.90 Å². The van der Waals surface area contributed by atoms with E-state index in [1.165, 1.54) is 0 Å². The minimum absolute atomic E-state index is 0.230. The van der Waals surface area contributed by atoms with Crippen LogP contribution >= 0.6 is 0 Å². The number of imidazole rings is 1. The summed E-state index contributed by atoms with van der Waals surface area (Å²) >= 11 is 0. The lowest BCUT2D eigenvalue weighted by molar-refractivity contribution is 0.405. The molecule has 1 aliphatic heterocycles. The van der Waals surface area contributed by atoms with Gasteiger partial charge in [-0.05, 0) is 31.8 Å². The zero-order chi connectivity index (χ0) is 18.4. The number of aromatic hydroxyl groups is 1. The van der Waals surface area contributed by atoms with Gasteiger partial charge in [-0.1, -0.05) is 0 Å². The topological polar surface area (TPSA) is 140 Å². The number of anilines is 1. The number of aromatic amines is 2. The Hall–Kier alpha value is -3.21. The third-order valence-electron chi connectivity index (χ3n) is 4.62. The molecule has 4 N–H and O–H groups in total. The molecule has 0 aromatic carbocycles. The Labute approximate surface area is 152 Å². The number of rotatable bonds is 4. The van der Waals surface area contributed by atoms with Crippen molar-refractivity contribution in [3.8, 4) is 5.88 Å². The van der Waals surface area contributed by atoms with Crippen molar-refractivity contribution in [2.75, 3.05) is 18.5 Å². The fraction of sp³-hybridized carbons (Fsp3) is 0.438. The van der Waals surface area contributed by atoms with Crippen molar-refractivity contribution in [2.45, 2.75) is 31.7 Å². The van der Waals surface area contributed by atoms with Crippen molar-refractivity contribution in [2.24, 2.45) is 4.99 Å². The number of H-pyrrole nitrogens is 2. The number of nitrogens with zero attached hydrogens (tertiary/aromatic N) is 6. The molecule has 2 fully saturated rings. The van der Waals surface area contributed by atoms with Crippen molar-refractivity contribution in [1.29, 1.82) is 0 Å². The molecule has 4 heterocycles. The van der Waals surface area contributed by atoms with Crippen LogP contribution in [0.5, 0.6) is 5.88 Å². The van der Waals surface area contributed by atoms with E-state index in [0.29, 0.717) is 22.4 Å². The Kier molecular flexibility index (Phi) is 3.67. The molecule has 3 aromatic heterocycles. The van der Waals surface area contributed by atoms with Gasteiger partial charge in [0.05, 0.1) is 12.2 Å². The van der Waals surface area contributed by atoms with E-state index in [1.807, 2.05) is 0 Å². The largest absolute Gasteiger partial charge is 0.493 e. The summed E-state index contributed by atoms with van der Waals surface area (Å²) in [4.78, 5) is 29.9. The van der Waals surface area contributed by atoms with Crippen LogP contribution in [0.1, 0.15) is 31.4 Å². The molecule has 0 amide bonds. The number of hydrogen-bond acceptors (Lipinski definition) is 8. The molecule has 0 spiro atoms. The highest BCUT2D eigenvalue weighted by atomic mass is 16.3. The van der Waals surface area contributed by atoms with Crippen LogP contribution in [-0.2, 0) is 0 Å². The van der Waals surface area contributed by atoms with E-state index in [-0.39, 0.29) is 17.6 Å². The summed E-state index contributed by atoms with van der Waals surface area (Å²) < 4.78 is 1.58. The molecule has 27 heavy (non-hydrogen) atoms. The van der Waals surface area contributed by atoms with E-state index < -0.39 is 5.69 Å². The van der Waals surface area contributed by atoms with Gasteiger partial charge in [0.25, 0.3) is 5.62 Å². The summed E-state index contributed by atoms with van der Waals surface area (Å²) in [6.45, 7) is 1.89. The molecule has 11 nitrogen and oxygen atoms in total. The first kappa shape index (κ1) is 16.0. The SMILES string of the molecule is O=c1[nH]c(O)c(C=c2cnn3c(=NC4CC4)nc(NN4CCCC4)nc23)[nH]1. The second-order valence-electron chi connectivity index (χ2n) is 6.83. The first-order valence-electron chi connectivity index (χ1n) is 9.00. The van der Waals surface area contributed by atoms with E-state index in [2.05, 4.69) is 40.5 Å². The van der Waals surface area contributed by atoms with Gasteiger partial charge >= 0.3 is 5.69 Å². The molecule has 0 bridgehead atoms. The monoisotopic (exact) mass is 369 g/mol. The molecule has 1 saturated heterocycles. The lowest BCUT2D eigenvalue weighted by atomic mass is 10.3. The first-order chi connectivity index (χ1) is 13.2. The lowest BCUT2D eigenvalue weighted by Gasteiger charge is -2.15. The zero-order valence-corrected chi connectivity index (χ0v) is 14.5. The van der Waals surface area contributed by atoms with Gasteiger partial charge in [0, 0.05) is 18.3 Å². The Bertz CT molecular complexity index is 1160.